The van der Waals surface area contributed by atoms with Gasteiger partial charge in [0.2, 0.25) is 5.91 Å². The molecule has 0 spiro atoms. The molecule has 12 nitrogen and oxygen atoms in total. The molecule has 4 heterocycles. The topological polar surface area (TPSA) is 159 Å². The lowest BCUT2D eigenvalue weighted by Gasteiger charge is -2.53. The Bertz CT molecular complexity index is 2060. The highest BCUT2D eigenvalue weighted by Gasteiger charge is 2.57. The number of benzene rings is 3. The summed E-state index contributed by atoms with van der Waals surface area (Å²) in [6.45, 7) is -1.60. The molecule has 0 bridgehead atoms. The summed E-state index contributed by atoms with van der Waals surface area (Å²) in [6, 6.07) is 28.2. The first-order chi connectivity index (χ1) is 26.1. The van der Waals surface area contributed by atoms with E-state index >= 15 is 0 Å². The van der Waals surface area contributed by atoms with Crippen LogP contribution in [0.25, 0.3) is 0 Å². The van der Waals surface area contributed by atoms with Gasteiger partial charge in [-0.1, -0.05) is 119 Å². The number of halogens is 2. The summed E-state index contributed by atoms with van der Waals surface area (Å²) >= 11 is 4.97. The van der Waals surface area contributed by atoms with Crippen LogP contribution in [-0.2, 0) is 24.8 Å². The third-order valence-electron chi connectivity index (χ3n) is 8.96. The number of anilines is 1. The molecular weight excluding hydrogens is 777 g/mol. The number of nitrogens with one attached hydrogen (secondary N) is 2. The molecule has 2 aliphatic rings. The Hall–Kier alpha value is -4.91. The molecule has 2 amide bonds. The number of aromatic nitrogens is 3. The Labute approximate surface area is 324 Å². The number of alkyl halides is 2. The van der Waals surface area contributed by atoms with E-state index in [0.29, 0.717) is 9.47 Å². The van der Waals surface area contributed by atoms with Crippen molar-refractivity contribution in [2.45, 2.75) is 34.8 Å². The van der Waals surface area contributed by atoms with Crippen molar-refractivity contribution in [2.75, 3.05) is 23.4 Å². The zero-order valence-electron chi connectivity index (χ0n) is 28.3. The van der Waals surface area contributed by atoms with Crippen LogP contribution >= 0.6 is 46.2 Å². The van der Waals surface area contributed by atoms with Crippen molar-refractivity contribution in [3.63, 3.8) is 0 Å². The third kappa shape index (κ3) is 7.42. The van der Waals surface area contributed by atoms with E-state index in [0.717, 1.165) is 33.0 Å². The maximum Gasteiger partial charge on any atom is 0.407 e. The molecule has 5 aromatic rings. The standard InChI is InChI=1S/C36H31F2N7O5S4/c1-21-42-43-34(54-21)53-20-35(31(48)49)18-45-29(47)27(30(45)52-19-35)40-28(46)26(44-50-32(37)38)25-17-51-33(39-25)41-36(22-11-5-2-6-12-22,23-13-7-3-8-14-23)24-15-9-4-10-16-24/h2-17,27,30,32H,18-20H2,1H3,(H,39,41)(H,40,46)(H,48,49)/t27?,30-,35?/m1/s1. The van der Waals surface area contributed by atoms with Crippen LogP contribution in [0.1, 0.15) is 27.4 Å². The minimum atomic E-state index is -3.33. The van der Waals surface area contributed by atoms with Gasteiger partial charge in [0, 0.05) is 23.4 Å². The van der Waals surface area contributed by atoms with Crippen molar-refractivity contribution in [1.82, 2.24) is 25.4 Å². The third-order valence-corrected chi connectivity index (χ3v) is 13.6. The Morgan fingerprint density at radius 1 is 1.04 bits per heavy atom. The molecule has 2 fully saturated rings. The molecular formula is C36H31F2N7O5S4. The fourth-order valence-corrected chi connectivity index (χ4v) is 10.8. The molecule has 54 heavy (non-hydrogen) atoms. The average molecular weight is 808 g/mol. The van der Waals surface area contributed by atoms with Gasteiger partial charge in [-0.25, -0.2) is 4.98 Å². The number of aryl methyl sites for hydroxylation is 1. The number of carbonyl (C=O) groups excluding carboxylic acids is 2. The fourth-order valence-electron chi connectivity index (χ4n) is 6.33. The Morgan fingerprint density at radius 3 is 2.19 bits per heavy atom. The number of thioether (sulfide) groups is 2. The highest BCUT2D eigenvalue weighted by Crippen LogP contribution is 2.45. The minimum Gasteiger partial charge on any atom is -0.481 e. The summed E-state index contributed by atoms with van der Waals surface area (Å²) in [5.41, 5.74) is -0.149. The Balaban J connectivity index is 1.12. The van der Waals surface area contributed by atoms with Gasteiger partial charge in [0.05, 0.1) is 0 Å². The van der Waals surface area contributed by atoms with Gasteiger partial charge in [-0.15, -0.1) is 33.3 Å². The van der Waals surface area contributed by atoms with Crippen LogP contribution in [0.3, 0.4) is 0 Å². The zero-order valence-corrected chi connectivity index (χ0v) is 31.6. The first-order valence-electron chi connectivity index (χ1n) is 16.4. The summed E-state index contributed by atoms with van der Waals surface area (Å²) in [5, 5.41) is 29.9. The summed E-state index contributed by atoms with van der Waals surface area (Å²) in [5.74, 6) is -2.18. The maximum atomic E-state index is 13.7. The van der Waals surface area contributed by atoms with Gasteiger partial charge in [0.15, 0.2) is 15.2 Å². The van der Waals surface area contributed by atoms with Gasteiger partial charge in [-0.2, -0.15) is 8.78 Å². The maximum absolute atomic E-state index is 13.7. The number of hydrogen-bond donors (Lipinski definition) is 3. The van der Waals surface area contributed by atoms with Crippen molar-refractivity contribution in [3.8, 4) is 0 Å². The monoisotopic (exact) mass is 807 g/mol. The minimum absolute atomic E-state index is 0.0579. The lowest BCUT2D eigenvalue weighted by molar-refractivity contribution is -0.157. The number of fused-ring (bicyclic) bond motifs is 1. The lowest BCUT2D eigenvalue weighted by Crippen LogP contribution is -2.74. The van der Waals surface area contributed by atoms with E-state index in [1.807, 2.05) is 91.0 Å². The van der Waals surface area contributed by atoms with Crippen LogP contribution in [0.2, 0.25) is 0 Å². The summed E-state index contributed by atoms with van der Waals surface area (Å²) in [7, 11) is 0. The van der Waals surface area contributed by atoms with Crippen molar-refractivity contribution in [2.24, 2.45) is 10.6 Å². The summed E-state index contributed by atoms with van der Waals surface area (Å²) in [6.07, 6.45) is 0. The highest BCUT2D eigenvalue weighted by atomic mass is 32.2. The number of amides is 2. The van der Waals surface area contributed by atoms with E-state index in [1.54, 1.807) is 6.92 Å². The van der Waals surface area contributed by atoms with E-state index in [2.05, 4.69) is 35.8 Å². The van der Waals surface area contributed by atoms with Crippen LogP contribution in [0.4, 0.5) is 13.9 Å². The van der Waals surface area contributed by atoms with Crippen LogP contribution < -0.4 is 10.6 Å². The SMILES string of the molecule is Cc1nnc(SCC2(C(=O)O)CS[C@@H]3C(NC(=O)C(=NOC(F)F)c4csc(NC(c5ccccc5)(c5ccccc5)c5ccccc5)n4)C(=O)N3C2)s1. The molecule has 0 saturated carbocycles. The van der Waals surface area contributed by atoms with Crippen LogP contribution in [0.5, 0.6) is 0 Å². The van der Waals surface area contributed by atoms with E-state index in [1.165, 1.54) is 45.1 Å². The molecule has 2 unspecified atom stereocenters. The average Bonchev–Trinajstić information content (AvgIpc) is 3.84. The van der Waals surface area contributed by atoms with E-state index < -0.39 is 52.5 Å². The molecule has 278 valence electrons. The van der Waals surface area contributed by atoms with Crippen molar-refractivity contribution in [3.05, 3.63) is 124 Å². The fraction of sp³-hybridized carbons (Fsp3) is 0.250. The lowest BCUT2D eigenvalue weighted by atomic mass is 9.77. The number of hydrogen-bond acceptors (Lipinski definition) is 13. The molecule has 3 aromatic carbocycles. The first-order valence-corrected chi connectivity index (χ1v) is 20.1. The molecule has 3 N–H and O–H groups in total. The molecule has 2 saturated heterocycles. The zero-order chi connectivity index (χ0) is 37.9. The number of aliphatic carboxylic acids is 1. The van der Waals surface area contributed by atoms with Crippen molar-refractivity contribution in [1.29, 1.82) is 0 Å². The first kappa shape index (κ1) is 37.4. The van der Waals surface area contributed by atoms with Crippen LogP contribution in [-0.4, -0.2) is 84.8 Å². The molecule has 3 atom stereocenters. The van der Waals surface area contributed by atoms with E-state index in [4.69, 9.17) is 0 Å². The second-order valence-corrected chi connectivity index (χ2v) is 16.8. The molecule has 2 aromatic heterocycles. The smallest absolute Gasteiger partial charge is 0.407 e. The van der Waals surface area contributed by atoms with Gasteiger partial charge < -0.3 is 25.5 Å². The van der Waals surface area contributed by atoms with Gasteiger partial charge in [0.25, 0.3) is 5.91 Å². The number of nitrogens with zero attached hydrogens (tertiary/aromatic N) is 5. The number of carboxylic acid groups (broad SMARTS) is 1. The predicted octanol–water partition coefficient (Wildman–Crippen LogP) is 5.91. The van der Waals surface area contributed by atoms with Crippen LogP contribution in [0.15, 0.2) is 106 Å². The van der Waals surface area contributed by atoms with Crippen molar-refractivity contribution < 1.29 is 33.1 Å². The number of thiazole rings is 1. The number of oxime groups is 1. The second-order valence-electron chi connectivity index (χ2n) is 12.4. The highest BCUT2D eigenvalue weighted by molar-refractivity contribution is 8.01. The quantitative estimate of drug-likeness (QED) is 0.0403. The summed E-state index contributed by atoms with van der Waals surface area (Å²) in [4.78, 5) is 49.9. The Morgan fingerprint density at radius 2 is 1.65 bits per heavy atom. The van der Waals surface area contributed by atoms with Crippen molar-refractivity contribution >= 4 is 74.8 Å². The molecule has 0 aliphatic carbocycles. The van der Waals surface area contributed by atoms with E-state index in [9.17, 15) is 28.3 Å². The number of carboxylic acids is 1. The molecule has 2 aliphatic heterocycles. The molecule has 0 radical (unpaired) electrons. The predicted molar refractivity (Wildman–Crippen MR) is 204 cm³/mol. The van der Waals surface area contributed by atoms with Gasteiger partial charge in [-0.3, -0.25) is 14.4 Å². The van der Waals surface area contributed by atoms with Gasteiger partial charge in [0.1, 0.15) is 33.1 Å². The second kappa shape index (κ2) is 15.8. The van der Waals surface area contributed by atoms with Crippen LogP contribution in [0, 0.1) is 12.3 Å². The van der Waals surface area contributed by atoms with Gasteiger partial charge in [-0.05, 0) is 23.6 Å². The van der Waals surface area contributed by atoms with E-state index in [-0.39, 0.29) is 23.7 Å². The number of rotatable bonds is 14. The normalized spacial score (nSPS) is 19.9. The molecule has 7 rings (SSSR count). The molecule has 18 heteroatoms. The largest absolute Gasteiger partial charge is 0.481 e. The Kier molecular flexibility index (Phi) is 11.0. The number of carbonyl (C=O) groups is 3. The number of β-lactam (4-membered cyclic amide) rings is 1. The summed E-state index contributed by atoms with van der Waals surface area (Å²) < 4.78 is 27.2. The van der Waals surface area contributed by atoms with Gasteiger partial charge >= 0.3 is 12.6 Å².